The topological polar surface area (TPSA) is 65.1 Å². The van der Waals surface area contributed by atoms with E-state index in [1.807, 2.05) is 6.92 Å². The number of aromatic nitrogens is 2. The van der Waals surface area contributed by atoms with Crippen LogP contribution in [0, 0.1) is 6.92 Å². The van der Waals surface area contributed by atoms with Crippen molar-refractivity contribution in [2.24, 2.45) is 0 Å². The molecule has 0 saturated heterocycles. The molecule has 0 fully saturated rings. The lowest BCUT2D eigenvalue weighted by Gasteiger charge is -2.14. The summed E-state index contributed by atoms with van der Waals surface area (Å²) >= 11 is 0. The highest BCUT2D eigenvalue weighted by Crippen LogP contribution is 2.32. The van der Waals surface area contributed by atoms with Crippen molar-refractivity contribution >= 4 is 17.2 Å². The van der Waals surface area contributed by atoms with Gasteiger partial charge in [-0.2, -0.15) is 13.9 Å². The predicted octanol–water partition coefficient (Wildman–Crippen LogP) is 3.53. The van der Waals surface area contributed by atoms with E-state index < -0.39 is 6.61 Å². The molecule has 0 aliphatic rings. The summed E-state index contributed by atoms with van der Waals surface area (Å²) < 4.78 is 31.1. The van der Waals surface area contributed by atoms with Gasteiger partial charge in [0.15, 0.2) is 5.82 Å². The Bertz CT molecular complexity index is 613. The van der Waals surface area contributed by atoms with Gasteiger partial charge in [-0.1, -0.05) is 19.1 Å². The lowest BCUT2D eigenvalue weighted by Crippen LogP contribution is -2.08. The summed E-state index contributed by atoms with van der Waals surface area (Å²) in [5.74, 6) is 0.647. The van der Waals surface area contributed by atoms with Gasteiger partial charge in [0.05, 0.1) is 17.1 Å². The van der Waals surface area contributed by atoms with Crippen LogP contribution in [0.1, 0.15) is 19.0 Å². The highest BCUT2D eigenvalue weighted by Gasteiger charge is 2.15. The summed E-state index contributed by atoms with van der Waals surface area (Å²) in [5, 5.41) is 7.36. The standard InChI is InChI=1S/C14H18F2N4O/c1-3-8-20-13(12(17)9(2)19-20)18-10-6-4-5-7-11(10)21-14(15)16/h4-7,14,18H,3,8,17H2,1-2H3. The van der Waals surface area contributed by atoms with Crippen LogP contribution >= 0.6 is 0 Å². The van der Waals surface area contributed by atoms with Crippen LogP contribution in [0.2, 0.25) is 0 Å². The molecule has 3 N–H and O–H groups in total. The van der Waals surface area contributed by atoms with Crippen LogP contribution < -0.4 is 15.8 Å². The summed E-state index contributed by atoms with van der Waals surface area (Å²) in [6.07, 6.45) is 0.879. The number of halogens is 2. The van der Waals surface area contributed by atoms with Crippen molar-refractivity contribution in [1.29, 1.82) is 0 Å². The van der Waals surface area contributed by atoms with Gasteiger partial charge >= 0.3 is 6.61 Å². The first-order valence-electron chi connectivity index (χ1n) is 6.66. The average Bonchev–Trinajstić information content (AvgIpc) is 2.69. The molecule has 0 atom stereocenters. The number of nitrogens with zero attached hydrogens (tertiary/aromatic N) is 2. The number of para-hydroxylation sites is 2. The molecule has 114 valence electrons. The Morgan fingerprint density at radius 2 is 2.10 bits per heavy atom. The summed E-state index contributed by atoms with van der Waals surface area (Å²) in [6, 6.07) is 6.47. The van der Waals surface area contributed by atoms with E-state index in [2.05, 4.69) is 15.2 Å². The summed E-state index contributed by atoms with van der Waals surface area (Å²) in [6.45, 7) is 1.62. The quantitative estimate of drug-likeness (QED) is 0.856. The van der Waals surface area contributed by atoms with E-state index in [9.17, 15) is 8.78 Å². The van der Waals surface area contributed by atoms with Gasteiger partial charge in [-0.25, -0.2) is 4.68 Å². The van der Waals surface area contributed by atoms with Crippen LogP contribution in [0.3, 0.4) is 0 Å². The Hall–Kier alpha value is -2.31. The zero-order valence-corrected chi connectivity index (χ0v) is 11.9. The second-order valence-electron chi connectivity index (χ2n) is 4.57. The van der Waals surface area contributed by atoms with Crippen LogP contribution in [-0.2, 0) is 6.54 Å². The van der Waals surface area contributed by atoms with Crippen LogP contribution in [0.5, 0.6) is 5.75 Å². The van der Waals surface area contributed by atoms with E-state index in [-0.39, 0.29) is 5.75 Å². The van der Waals surface area contributed by atoms with Gasteiger partial charge < -0.3 is 15.8 Å². The summed E-state index contributed by atoms with van der Waals surface area (Å²) in [4.78, 5) is 0. The molecule has 5 nitrogen and oxygen atoms in total. The molecular weight excluding hydrogens is 278 g/mol. The number of nitrogens with one attached hydrogen (secondary N) is 1. The Morgan fingerprint density at radius 1 is 1.38 bits per heavy atom. The third-order valence-corrected chi connectivity index (χ3v) is 2.97. The van der Waals surface area contributed by atoms with Crippen LogP contribution in [0.25, 0.3) is 0 Å². The van der Waals surface area contributed by atoms with E-state index >= 15 is 0 Å². The van der Waals surface area contributed by atoms with Crippen molar-refractivity contribution in [3.8, 4) is 5.75 Å². The highest BCUT2D eigenvalue weighted by molar-refractivity contribution is 5.74. The molecular formula is C14H18F2N4O. The number of ether oxygens (including phenoxy) is 1. The smallest absolute Gasteiger partial charge is 0.387 e. The van der Waals surface area contributed by atoms with Gasteiger partial charge in [-0.3, -0.25) is 0 Å². The Morgan fingerprint density at radius 3 is 2.76 bits per heavy atom. The van der Waals surface area contributed by atoms with Crippen molar-refractivity contribution < 1.29 is 13.5 Å². The lowest BCUT2D eigenvalue weighted by molar-refractivity contribution is -0.0493. The molecule has 0 unspecified atom stereocenters. The number of alkyl halides is 2. The molecule has 1 heterocycles. The number of nitrogen functional groups attached to an aromatic ring is 1. The van der Waals surface area contributed by atoms with Crippen molar-refractivity contribution in [3.05, 3.63) is 30.0 Å². The van der Waals surface area contributed by atoms with E-state index in [1.54, 1.807) is 29.8 Å². The average molecular weight is 296 g/mol. The Balaban J connectivity index is 2.34. The fourth-order valence-corrected chi connectivity index (χ4v) is 2.00. The van der Waals surface area contributed by atoms with Crippen LogP contribution in [-0.4, -0.2) is 16.4 Å². The molecule has 2 rings (SSSR count). The van der Waals surface area contributed by atoms with Gasteiger partial charge in [0.1, 0.15) is 5.75 Å². The molecule has 0 spiro atoms. The number of anilines is 3. The lowest BCUT2D eigenvalue weighted by atomic mass is 10.3. The molecule has 21 heavy (non-hydrogen) atoms. The van der Waals surface area contributed by atoms with Crippen molar-refractivity contribution in [3.63, 3.8) is 0 Å². The Labute approximate surface area is 121 Å². The SMILES string of the molecule is CCCn1nc(C)c(N)c1Nc1ccccc1OC(F)F. The number of hydrogen-bond donors (Lipinski definition) is 2. The maximum Gasteiger partial charge on any atom is 0.387 e. The normalized spacial score (nSPS) is 10.9. The van der Waals surface area contributed by atoms with Gasteiger partial charge in [0, 0.05) is 6.54 Å². The molecule has 7 heteroatoms. The van der Waals surface area contributed by atoms with Crippen LogP contribution in [0.4, 0.5) is 26.0 Å². The first-order chi connectivity index (χ1) is 10.0. The molecule has 1 aromatic heterocycles. The third-order valence-electron chi connectivity index (χ3n) is 2.97. The molecule has 2 aromatic rings. The largest absolute Gasteiger partial charge is 0.433 e. The van der Waals surface area contributed by atoms with Crippen molar-refractivity contribution in [2.75, 3.05) is 11.1 Å². The molecule has 0 bridgehead atoms. The second kappa shape index (κ2) is 6.43. The predicted molar refractivity (Wildman–Crippen MR) is 78.0 cm³/mol. The first kappa shape index (κ1) is 15.1. The summed E-state index contributed by atoms with van der Waals surface area (Å²) in [7, 11) is 0. The van der Waals surface area contributed by atoms with Gasteiger partial charge in [-0.05, 0) is 25.5 Å². The zero-order valence-electron chi connectivity index (χ0n) is 11.9. The second-order valence-corrected chi connectivity index (χ2v) is 4.57. The number of aryl methyl sites for hydroxylation is 2. The minimum Gasteiger partial charge on any atom is -0.433 e. The molecule has 0 saturated carbocycles. The number of hydrogen-bond acceptors (Lipinski definition) is 4. The van der Waals surface area contributed by atoms with Gasteiger partial charge in [-0.15, -0.1) is 0 Å². The van der Waals surface area contributed by atoms with E-state index in [0.29, 0.717) is 29.4 Å². The van der Waals surface area contributed by atoms with Gasteiger partial charge in [0.2, 0.25) is 0 Å². The maximum atomic E-state index is 12.4. The van der Waals surface area contributed by atoms with Crippen molar-refractivity contribution in [1.82, 2.24) is 9.78 Å². The van der Waals surface area contributed by atoms with E-state index in [0.717, 1.165) is 6.42 Å². The minimum absolute atomic E-state index is 0.0637. The van der Waals surface area contributed by atoms with E-state index in [4.69, 9.17) is 5.73 Å². The molecule has 0 amide bonds. The molecule has 0 radical (unpaired) electrons. The number of benzene rings is 1. The minimum atomic E-state index is -2.88. The molecule has 1 aromatic carbocycles. The van der Waals surface area contributed by atoms with Gasteiger partial charge in [0.25, 0.3) is 0 Å². The maximum absolute atomic E-state index is 12.4. The third kappa shape index (κ3) is 3.42. The van der Waals surface area contributed by atoms with Crippen LogP contribution in [0.15, 0.2) is 24.3 Å². The molecule has 0 aliphatic carbocycles. The first-order valence-corrected chi connectivity index (χ1v) is 6.66. The fourth-order valence-electron chi connectivity index (χ4n) is 2.00. The Kier molecular flexibility index (Phi) is 4.62. The zero-order chi connectivity index (χ0) is 15.4. The number of rotatable bonds is 6. The number of nitrogens with two attached hydrogens (primary N) is 1. The highest BCUT2D eigenvalue weighted by atomic mass is 19.3. The van der Waals surface area contributed by atoms with E-state index in [1.165, 1.54) is 6.07 Å². The van der Waals surface area contributed by atoms with Crippen molar-refractivity contribution in [2.45, 2.75) is 33.4 Å². The summed E-state index contributed by atoms with van der Waals surface area (Å²) in [5.41, 5.74) is 7.60. The fraction of sp³-hybridized carbons (Fsp3) is 0.357. The monoisotopic (exact) mass is 296 g/mol. The molecule has 0 aliphatic heterocycles.